The first-order valence-electron chi connectivity index (χ1n) is 7.05. The Morgan fingerprint density at radius 2 is 2.00 bits per heavy atom. The molecule has 5 heteroatoms. The van der Waals surface area contributed by atoms with Gasteiger partial charge in [-0.15, -0.1) is 11.3 Å². The van der Waals surface area contributed by atoms with E-state index in [1.165, 1.54) is 10.6 Å². The number of nitrogens with zero attached hydrogens (tertiary/aromatic N) is 2. The van der Waals surface area contributed by atoms with Gasteiger partial charge >= 0.3 is 0 Å². The first-order chi connectivity index (χ1) is 9.01. The molecule has 1 N–H and O–H groups in total. The molecule has 0 radical (unpaired) electrons. The van der Waals surface area contributed by atoms with E-state index < -0.39 is 0 Å². The summed E-state index contributed by atoms with van der Waals surface area (Å²) in [5.74, 6) is 0.476. The average molecular weight is 283 g/mol. The zero-order chi connectivity index (χ0) is 14.0. The van der Waals surface area contributed by atoms with E-state index >= 15 is 0 Å². The predicted molar refractivity (Wildman–Crippen MR) is 81.2 cm³/mol. The van der Waals surface area contributed by atoms with E-state index in [2.05, 4.69) is 37.9 Å². The maximum atomic E-state index is 5.79. The molecular weight excluding hydrogens is 258 g/mol. The molecule has 19 heavy (non-hydrogen) atoms. The van der Waals surface area contributed by atoms with Crippen LogP contribution in [0.3, 0.4) is 0 Å². The Bertz CT molecular complexity index is 409. The van der Waals surface area contributed by atoms with Crippen molar-refractivity contribution in [1.82, 2.24) is 10.3 Å². The van der Waals surface area contributed by atoms with Gasteiger partial charge in [-0.25, -0.2) is 4.98 Å². The fraction of sp³-hybridized carbons (Fsp3) is 0.786. The molecule has 1 aliphatic rings. The third-order valence-corrected chi connectivity index (χ3v) is 4.42. The molecule has 0 amide bonds. The van der Waals surface area contributed by atoms with Crippen LogP contribution in [0.5, 0.6) is 0 Å². The van der Waals surface area contributed by atoms with Crippen molar-refractivity contribution in [2.75, 3.05) is 25.0 Å². The number of nitrogens with one attached hydrogen (secondary N) is 1. The quantitative estimate of drug-likeness (QED) is 0.921. The van der Waals surface area contributed by atoms with Crippen LogP contribution in [-0.4, -0.2) is 37.3 Å². The normalized spacial score (nSPS) is 24.2. The summed E-state index contributed by atoms with van der Waals surface area (Å²) in [5.41, 5.74) is 1.24. The Kier molecular flexibility index (Phi) is 4.81. The standard InChI is InChI=1S/C14H25N3OS/c1-9(2)13-12(6-15-5)19-14(16-13)17-7-10(3)18-11(4)8-17/h9-11,15H,6-8H2,1-5H3. The first-order valence-corrected chi connectivity index (χ1v) is 7.87. The minimum absolute atomic E-state index is 0.280. The topological polar surface area (TPSA) is 37.4 Å². The van der Waals surface area contributed by atoms with Gasteiger partial charge < -0.3 is 15.0 Å². The first kappa shape index (κ1) is 14.8. The van der Waals surface area contributed by atoms with E-state index in [4.69, 9.17) is 9.72 Å². The summed E-state index contributed by atoms with van der Waals surface area (Å²) in [6.45, 7) is 11.5. The van der Waals surface area contributed by atoms with Crippen LogP contribution in [0.1, 0.15) is 44.2 Å². The monoisotopic (exact) mass is 283 g/mol. The van der Waals surface area contributed by atoms with E-state index in [-0.39, 0.29) is 12.2 Å². The van der Waals surface area contributed by atoms with Gasteiger partial charge in [-0.05, 0) is 26.8 Å². The second kappa shape index (κ2) is 6.20. The van der Waals surface area contributed by atoms with Crippen molar-refractivity contribution in [1.29, 1.82) is 0 Å². The minimum atomic E-state index is 0.280. The number of morpholine rings is 1. The molecule has 2 rings (SSSR count). The molecule has 2 heterocycles. The number of hydrogen-bond donors (Lipinski definition) is 1. The van der Waals surface area contributed by atoms with Crippen LogP contribution in [0.2, 0.25) is 0 Å². The van der Waals surface area contributed by atoms with Crippen molar-refractivity contribution in [3.8, 4) is 0 Å². The second-order valence-electron chi connectivity index (χ2n) is 5.65. The van der Waals surface area contributed by atoms with Crippen molar-refractivity contribution in [2.24, 2.45) is 0 Å². The lowest BCUT2D eigenvalue weighted by Crippen LogP contribution is -2.45. The lowest BCUT2D eigenvalue weighted by molar-refractivity contribution is -0.00523. The van der Waals surface area contributed by atoms with E-state index in [9.17, 15) is 0 Å². The van der Waals surface area contributed by atoms with E-state index in [0.717, 1.165) is 24.8 Å². The maximum absolute atomic E-state index is 5.79. The Hall–Kier alpha value is -0.650. The average Bonchev–Trinajstić information content (AvgIpc) is 2.72. The second-order valence-corrected chi connectivity index (χ2v) is 6.71. The van der Waals surface area contributed by atoms with Crippen molar-refractivity contribution in [3.05, 3.63) is 10.6 Å². The largest absolute Gasteiger partial charge is 0.372 e. The van der Waals surface area contributed by atoms with E-state index in [1.807, 2.05) is 18.4 Å². The molecule has 1 fully saturated rings. The lowest BCUT2D eigenvalue weighted by Gasteiger charge is -2.35. The van der Waals surface area contributed by atoms with Gasteiger partial charge in [0.05, 0.1) is 17.9 Å². The van der Waals surface area contributed by atoms with Gasteiger partial charge in [0.1, 0.15) is 0 Å². The highest BCUT2D eigenvalue weighted by molar-refractivity contribution is 7.15. The number of ether oxygens (including phenoxy) is 1. The molecule has 1 aromatic rings. The summed E-state index contributed by atoms with van der Waals surface area (Å²) in [7, 11) is 1.99. The maximum Gasteiger partial charge on any atom is 0.186 e. The molecule has 1 saturated heterocycles. The lowest BCUT2D eigenvalue weighted by atomic mass is 10.1. The Morgan fingerprint density at radius 3 is 2.53 bits per heavy atom. The minimum Gasteiger partial charge on any atom is -0.372 e. The number of aromatic nitrogens is 1. The fourth-order valence-electron chi connectivity index (χ4n) is 2.56. The summed E-state index contributed by atoms with van der Waals surface area (Å²) in [4.78, 5) is 8.60. The van der Waals surface area contributed by atoms with Crippen LogP contribution in [0.25, 0.3) is 0 Å². The van der Waals surface area contributed by atoms with Gasteiger partial charge in [-0.2, -0.15) is 0 Å². The molecular formula is C14H25N3OS. The van der Waals surface area contributed by atoms with Crippen molar-refractivity contribution < 1.29 is 4.74 Å². The molecule has 0 aliphatic carbocycles. The summed E-state index contributed by atoms with van der Waals surface area (Å²) in [6, 6.07) is 0. The molecule has 0 saturated carbocycles. The fourth-order valence-corrected chi connectivity index (χ4v) is 3.80. The van der Waals surface area contributed by atoms with E-state index in [0.29, 0.717) is 5.92 Å². The van der Waals surface area contributed by atoms with Gasteiger partial charge in [0, 0.05) is 24.5 Å². The molecule has 4 nitrogen and oxygen atoms in total. The van der Waals surface area contributed by atoms with Crippen LogP contribution in [0, 0.1) is 0 Å². The Labute approximate surface area is 120 Å². The van der Waals surface area contributed by atoms with Crippen molar-refractivity contribution in [3.63, 3.8) is 0 Å². The number of thiazole rings is 1. The molecule has 0 bridgehead atoms. The van der Waals surface area contributed by atoms with Crippen LogP contribution in [0.15, 0.2) is 0 Å². The summed E-state index contributed by atoms with van der Waals surface area (Å²) in [6.07, 6.45) is 0.561. The van der Waals surface area contributed by atoms with Crippen LogP contribution < -0.4 is 10.2 Å². The van der Waals surface area contributed by atoms with Gasteiger partial charge in [0.15, 0.2) is 5.13 Å². The SMILES string of the molecule is CNCc1sc(N2CC(C)OC(C)C2)nc1C(C)C. The summed E-state index contributed by atoms with van der Waals surface area (Å²) >= 11 is 1.82. The number of anilines is 1. The highest BCUT2D eigenvalue weighted by Gasteiger charge is 2.25. The van der Waals surface area contributed by atoms with Crippen molar-refractivity contribution in [2.45, 2.75) is 52.4 Å². The van der Waals surface area contributed by atoms with Crippen LogP contribution in [0.4, 0.5) is 5.13 Å². The third-order valence-electron chi connectivity index (χ3n) is 3.29. The zero-order valence-corrected chi connectivity index (χ0v) is 13.4. The van der Waals surface area contributed by atoms with Gasteiger partial charge in [0.2, 0.25) is 0 Å². The van der Waals surface area contributed by atoms with Gasteiger partial charge in [0.25, 0.3) is 0 Å². The third kappa shape index (κ3) is 3.46. The molecule has 2 unspecified atom stereocenters. The van der Waals surface area contributed by atoms with Gasteiger partial charge in [-0.1, -0.05) is 13.8 Å². The van der Waals surface area contributed by atoms with Gasteiger partial charge in [-0.3, -0.25) is 0 Å². The Balaban J connectivity index is 2.22. The molecule has 1 aromatic heterocycles. The van der Waals surface area contributed by atoms with Crippen LogP contribution in [-0.2, 0) is 11.3 Å². The number of rotatable bonds is 4. The smallest absolute Gasteiger partial charge is 0.186 e. The molecule has 1 aliphatic heterocycles. The Morgan fingerprint density at radius 1 is 1.37 bits per heavy atom. The molecule has 108 valence electrons. The molecule has 0 spiro atoms. The summed E-state index contributed by atoms with van der Waals surface area (Å²) in [5, 5.41) is 4.39. The zero-order valence-electron chi connectivity index (χ0n) is 12.6. The van der Waals surface area contributed by atoms with E-state index in [1.54, 1.807) is 0 Å². The number of hydrogen-bond acceptors (Lipinski definition) is 5. The highest BCUT2D eigenvalue weighted by Crippen LogP contribution is 2.32. The summed E-state index contributed by atoms with van der Waals surface area (Å²) < 4.78 is 5.79. The predicted octanol–water partition coefficient (Wildman–Crippen LogP) is 2.60. The molecule has 0 aromatic carbocycles. The highest BCUT2D eigenvalue weighted by atomic mass is 32.1. The molecule has 2 atom stereocenters. The van der Waals surface area contributed by atoms with Crippen molar-refractivity contribution >= 4 is 16.5 Å². The van der Waals surface area contributed by atoms with Crippen LogP contribution >= 0.6 is 11.3 Å².